The highest BCUT2D eigenvalue weighted by Crippen LogP contribution is 2.30. The van der Waals surface area contributed by atoms with Crippen LogP contribution in [0.5, 0.6) is 0 Å². The number of aliphatic imine (C=N–C) groups is 1. The summed E-state index contributed by atoms with van der Waals surface area (Å²) in [5.41, 5.74) is -0.862. The molecule has 2 N–H and O–H groups in total. The van der Waals surface area contributed by atoms with Gasteiger partial charge in [-0.25, -0.2) is 4.98 Å². The zero-order valence-corrected chi connectivity index (χ0v) is 15.7. The fraction of sp³-hybridized carbons (Fsp3) is 0.529. The van der Waals surface area contributed by atoms with Gasteiger partial charge in [0.1, 0.15) is 10.8 Å². The van der Waals surface area contributed by atoms with Crippen molar-refractivity contribution >= 4 is 17.3 Å². The second-order valence-corrected chi connectivity index (χ2v) is 7.15. The molecule has 1 fully saturated rings. The van der Waals surface area contributed by atoms with Gasteiger partial charge < -0.3 is 15.1 Å². The number of nitrogens with one attached hydrogen (secondary N) is 2. The zero-order valence-electron chi connectivity index (χ0n) is 14.9. The third-order valence-corrected chi connectivity index (χ3v) is 5.24. The Morgan fingerprint density at radius 2 is 2.15 bits per heavy atom. The Balaban J connectivity index is 1.55. The molecule has 3 rings (SSSR count). The molecule has 0 radical (unpaired) electrons. The average molecular weight is 401 g/mol. The molecule has 10 heteroatoms. The molecule has 0 amide bonds. The van der Waals surface area contributed by atoms with Crippen molar-refractivity contribution in [3.63, 3.8) is 0 Å². The first-order valence-electron chi connectivity index (χ1n) is 8.71. The largest absolute Gasteiger partial charge is 0.468 e. The molecule has 0 spiro atoms. The van der Waals surface area contributed by atoms with Gasteiger partial charge in [0.05, 0.1) is 18.8 Å². The third kappa shape index (κ3) is 5.23. The molecule has 148 valence electrons. The minimum absolute atomic E-state index is 0.0812. The number of nitrogens with zero attached hydrogens (tertiary/aromatic N) is 3. The molecular formula is C17H22F3N5OS. The first-order chi connectivity index (χ1) is 13.0. The maximum absolute atomic E-state index is 12.6. The van der Waals surface area contributed by atoms with E-state index in [4.69, 9.17) is 4.42 Å². The van der Waals surface area contributed by atoms with Crippen LogP contribution in [0.15, 0.2) is 33.2 Å². The van der Waals surface area contributed by atoms with Crippen molar-refractivity contribution < 1.29 is 17.6 Å². The Labute approximate surface area is 159 Å². The summed E-state index contributed by atoms with van der Waals surface area (Å²) in [5.74, 6) is 1.39. The van der Waals surface area contributed by atoms with Crippen molar-refractivity contribution in [1.82, 2.24) is 20.5 Å². The number of halogens is 3. The molecule has 1 aliphatic rings. The van der Waals surface area contributed by atoms with Crippen LogP contribution in [0.4, 0.5) is 13.2 Å². The molecule has 2 aromatic rings. The van der Waals surface area contributed by atoms with Gasteiger partial charge in [0.25, 0.3) is 0 Å². The maximum Gasteiger partial charge on any atom is 0.434 e. The van der Waals surface area contributed by atoms with Crippen LogP contribution < -0.4 is 10.6 Å². The topological polar surface area (TPSA) is 65.7 Å². The van der Waals surface area contributed by atoms with E-state index >= 15 is 0 Å². The molecule has 6 nitrogen and oxygen atoms in total. The molecule has 1 aliphatic heterocycles. The van der Waals surface area contributed by atoms with Crippen LogP contribution in [0.1, 0.15) is 35.3 Å². The molecule has 3 heterocycles. The maximum atomic E-state index is 12.6. The van der Waals surface area contributed by atoms with Gasteiger partial charge in [-0.3, -0.25) is 9.89 Å². The zero-order chi connectivity index (χ0) is 19.3. The van der Waals surface area contributed by atoms with Crippen LogP contribution in [0.25, 0.3) is 0 Å². The highest BCUT2D eigenvalue weighted by atomic mass is 32.1. The van der Waals surface area contributed by atoms with Crippen molar-refractivity contribution in [3.05, 3.63) is 40.2 Å². The summed E-state index contributed by atoms with van der Waals surface area (Å²) in [5, 5.41) is 7.62. The van der Waals surface area contributed by atoms with Gasteiger partial charge in [-0.1, -0.05) is 0 Å². The number of rotatable bonds is 6. The molecule has 0 aromatic carbocycles. The van der Waals surface area contributed by atoms with E-state index in [2.05, 4.69) is 25.5 Å². The first-order valence-corrected chi connectivity index (χ1v) is 9.59. The van der Waals surface area contributed by atoms with Gasteiger partial charge in [-0.15, -0.1) is 11.3 Å². The molecule has 1 unspecified atom stereocenters. The monoisotopic (exact) mass is 401 g/mol. The lowest BCUT2D eigenvalue weighted by Crippen LogP contribution is -2.42. The van der Waals surface area contributed by atoms with Crippen LogP contribution in [-0.4, -0.2) is 42.5 Å². The van der Waals surface area contributed by atoms with Gasteiger partial charge in [0, 0.05) is 19.0 Å². The van der Waals surface area contributed by atoms with Gasteiger partial charge in [-0.2, -0.15) is 13.2 Å². The third-order valence-electron chi connectivity index (χ3n) is 4.39. The van der Waals surface area contributed by atoms with E-state index in [9.17, 15) is 13.2 Å². The van der Waals surface area contributed by atoms with Gasteiger partial charge in [0.15, 0.2) is 11.7 Å². The Kier molecular flexibility index (Phi) is 6.38. The van der Waals surface area contributed by atoms with E-state index in [1.807, 2.05) is 12.1 Å². The van der Waals surface area contributed by atoms with Crippen molar-refractivity contribution in [2.24, 2.45) is 4.99 Å². The summed E-state index contributed by atoms with van der Waals surface area (Å²) < 4.78 is 43.5. The molecule has 2 aromatic heterocycles. The molecule has 27 heavy (non-hydrogen) atoms. The van der Waals surface area contributed by atoms with Gasteiger partial charge in [-0.05, 0) is 38.1 Å². The van der Waals surface area contributed by atoms with Gasteiger partial charge in [0.2, 0.25) is 0 Å². The number of guanidine groups is 1. The predicted octanol–water partition coefficient (Wildman–Crippen LogP) is 3.26. The lowest BCUT2D eigenvalue weighted by Gasteiger charge is -2.26. The highest BCUT2D eigenvalue weighted by Gasteiger charge is 2.33. The second kappa shape index (κ2) is 8.75. The number of hydrogen-bond donors (Lipinski definition) is 2. The molecule has 0 bridgehead atoms. The summed E-state index contributed by atoms with van der Waals surface area (Å²) in [4.78, 5) is 10.1. The molecule has 0 aliphatic carbocycles. The number of aromatic nitrogens is 1. The number of furan rings is 1. The fourth-order valence-corrected chi connectivity index (χ4v) is 3.78. The summed E-state index contributed by atoms with van der Waals surface area (Å²) in [6.07, 6.45) is -0.432. The highest BCUT2D eigenvalue weighted by molar-refractivity contribution is 7.09. The average Bonchev–Trinajstić information content (AvgIpc) is 3.40. The Morgan fingerprint density at radius 3 is 2.74 bits per heavy atom. The minimum atomic E-state index is -4.42. The summed E-state index contributed by atoms with van der Waals surface area (Å²) in [6, 6.07) is 3.90. The quantitative estimate of drug-likeness (QED) is 0.575. The number of likely N-dealkylation sites (tertiary alicyclic amines) is 1. The van der Waals surface area contributed by atoms with Crippen LogP contribution >= 0.6 is 11.3 Å². The summed E-state index contributed by atoms with van der Waals surface area (Å²) in [6.45, 7) is 2.78. The smallest absolute Gasteiger partial charge is 0.434 e. The van der Waals surface area contributed by atoms with Crippen molar-refractivity contribution in [2.45, 2.75) is 31.6 Å². The Bertz CT molecular complexity index is 738. The van der Waals surface area contributed by atoms with Crippen LogP contribution in [0, 0.1) is 0 Å². The molecule has 0 saturated carbocycles. The van der Waals surface area contributed by atoms with Crippen molar-refractivity contribution in [1.29, 1.82) is 0 Å². The summed E-state index contributed by atoms with van der Waals surface area (Å²) >= 11 is 0.972. The van der Waals surface area contributed by atoms with Crippen LogP contribution in [-0.2, 0) is 12.7 Å². The lowest BCUT2D eigenvalue weighted by molar-refractivity contribution is -0.140. The number of alkyl halides is 3. The molecular weight excluding hydrogens is 379 g/mol. The molecule has 1 saturated heterocycles. The van der Waals surface area contributed by atoms with Crippen LogP contribution in [0.2, 0.25) is 0 Å². The normalized spacial score (nSPS) is 17.3. The number of thiazole rings is 1. The standard InChI is InChI=1S/C17H22F3N5OS/c1-21-16(23-10-15-24-14(11-27-15)17(18,19)20)22-9-12(13-5-4-8-26-13)25-6-2-3-7-25/h4-5,8,11-12H,2-3,6-7,9-10H2,1H3,(H2,21,22,23). The minimum Gasteiger partial charge on any atom is -0.468 e. The predicted molar refractivity (Wildman–Crippen MR) is 97.6 cm³/mol. The van der Waals surface area contributed by atoms with Crippen molar-refractivity contribution in [3.8, 4) is 0 Å². The van der Waals surface area contributed by atoms with Crippen molar-refractivity contribution in [2.75, 3.05) is 26.7 Å². The van der Waals surface area contributed by atoms with E-state index in [1.54, 1.807) is 13.3 Å². The fourth-order valence-electron chi connectivity index (χ4n) is 3.04. The summed E-state index contributed by atoms with van der Waals surface area (Å²) in [7, 11) is 1.62. The van der Waals surface area contributed by atoms with E-state index in [0.717, 1.165) is 48.4 Å². The first kappa shape index (κ1) is 19.7. The van der Waals surface area contributed by atoms with E-state index in [-0.39, 0.29) is 12.6 Å². The van der Waals surface area contributed by atoms with Gasteiger partial charge >= 0.3 is 6.18 Å². The lowest BCUT2D eigenvalue weighted by atomic mass is 10.2. The Hall–Kier alpha value is -2.07. The van der Waals surface area contributed by atoms with E-state index in [1.165, 1.54) is 0 Å². The molecule has 1 atom stereocenters. The Morgan fingerprint density at radius 1 is 1.37 bits per heavy atom. The van der Waals surface area contributed by atoms with E-state index < -0.39 is 11.9 Å². The number of hydrogen-bond acceptors (Lipinski definition) is 5. The van der Waals surface area contributed by atoms with Crippen LogP contribution in [0.3, 0.4) is 0 Å². The second-order valence-electron chi connectivity index (χ2n) is 6.21. The van der Waals surface area contributed by atoms with E-state index in [0.29, 0.717) is 17.5 Å². The SMILES string of the molecule is CN=C(NCc1nc(C(F)(F)F)cs1)NCC(c1ccco1)N1CCCC1.